The van der Waals surface area contributed by atoms with E-state index in [4.69, 9.17) is 0 Å². The molecule has 0 spiro atoms. The van der Waals surface area contributed by atoms with E-state index >= 15 is 0 Å². The van der Waals surface area contributed by atoms with E-state index in [9.17, 15) is 15.1 Å². The summed E-state index contributed by atoms with van der Waals surface area (Å²) in [5.74, 6) is 1.69. The smallest absolute Gasteiger partial charge is 0.0925 e. The Morgan fingerprint density at radius 3 is 2.72 bits per heavy atom. The lowest BCUT2D eigenvalue weighted by molar-refractivity contribution is -0.126. The van der Waals surface area contributed by atoms with Crippen LogP contribution >= 0.6 is 0 Å². The SMILES string of the molecule is CC(N=O)[C@H]1CCC2C3CC=C4C[C@@H](O)CC[C@]4(C)C3[C@@H](O)C[C@@]21C. The average Bonchev–Trinajstić information content (AvgIpc) is 2.91. The number of nitrogens with zero attached hydrogens (tertiary/aromatic N) is 1. The van der Waals surface area contributed by atoms with Crippen molar-refractivity contribution >= 4 is 0 Å². The van der Waals surface area contributed by atoms with Crippen molar-refractivity contribution in [2.75, 3.05) is 0 Å². The topological polar surface area (TPSA) is 69.9 Å². The molecule has 140 valence electrons. The van der Waals surface area contributed by atoms with Crippen molar-refractivity contribution in [3.8, 4) is 0 Å². The molecule has 0 aromatic heterocycles. The first-order chi connectivity index (χ1) is 11.8. The highest BCUT2D eigenvalue weighted by Crippen LogP contribution is 2.66. The number of fused-ring (bicyclic) bond motifs is 5. The van der Waals surface area contributed by atoms with E-state index in [0.717, 1.165) is 44.9 Å². The Morgan fingerprint density at radius 1 is 1.24 bits per heavy atom. The first kappa shape index (κ1) is 17.7. The molecular weight excluding hydrogens is 314 g/mol. The van der Waals surface area contributed by atoms with E-state index in [0.29, 0.717) is 23.7 Å². The van der Waals surface area contributed by atoms with Gasteiger partial charge in [0, 0.05) is 0 Å². The van der Waals surface area contributed by atoms with Gasteiger partial charge in [-0.05, 0) is 86.4 Å². The summed E-state index contributed by atoms with van der Waals surface area (Å²) >= 11 is 0. The quantitative estimate of drug-likeness (QED) is 0.585. The number of rotatable bonds is 2. The Kier molecular flexibility index (Phi) is 4.16. The number of allylic oxidation sites excluding steroid dienone is 1. The molecule has 4 unspecified atom stereocenters. The van der Waals surface area contributed by atoms with Crippen molar-refractivity contribution in [3.63, 3.8) is 0 Å². The molecule has 2 N–H and O–H groups in total. The standard InChI is InChI=1S/C21H33NO3/c1-12(22-25)16-6-7-17-15-5-4-13-10-14(23)8-9-20(13,2)19(15)18(24)11-21(16,17)3/h4,12,14-19,23-24H,5-11H2,1-3H3/t12?,14-,15?,16+,17?,18-,19?,20-,21+/m0/s1. The van der Waals surface area contributed by atoms with Gasteiger partial charge in [0.2, 0.25) is 0 Å². The largest absolute Gasteiger partial charge is 0.393 e. The molecule has 4 nitrogen and oxygen atoms in total. The van der Waals surface area contributed by atoms with E-state index in [1.807, 2.05) is 6.92 Å². The normalized spacial score (nSPS) is 53.2. The third kappa shape index (κ3) is 2.39. The second-order valence-corrected chi connectivity index (χ2v) is 9.88. The van der Waals surface area contributed by atoms with Crippen LogP contribution in [0.15, 0.2) is 16.8 Å². The molecule has 4 rings (SSSR count). The van der Waals surface area contributed by atoms with Gasteiger partial charge in [-0.2, -0.15) is 4.91 Å². The zero-order valence-corrected chi connectivity index (χ0v) is 15.8. The van der Waals surface area contributed by atoms with Crippen LogP contribution in [0.1, 0.15) is 65.7 Å². The lowest BCUT2D eigenvalue weighted by atomic mass is 9.46. The molecular formula is C21H33NO3. The monoisotopic (exact) mass is 347 g/mol. The van der Waals surface area contributed by atoms with Crippen LogP contribution in [0.25, 0.3) is 0 Å². The van der Waals surface area contributed by atoms with Crippen molar-refractivity contribution in [1.82, 2.24) is 0 Å². The molecule has 25 heavy (non-hydrogen) atoms. The Bertz CT molecular complexity index is 590. The molecule has 0 heterocycles. The lowest BCUT2D eigenvalue weighted by Crippen LogP contribution is -2.56. The molecule has 4 aliphatic carbocycles. The number of aliphatic hydroxyl groups excluding tert-OH is 2. The van der Waals surface area contributed by atoms with Crippen LogP contribution in [0.4, 0.5) is 0 Å². The van der Waals surface area contributed by atoms with Crippen molar-refractivity contribution < 1.29 is 10.2 Å². The summed E-state index contributed by atoms with van der Waals surface area (Å²) in [6, 6.07) is -0.158. The van der Waals surface area contributed by atoms with Gasteiger partial charge in [0.05, 0.1) is 18.2 Å². The Hall–Kier alpha value is -0.740. The molecule has 4 heteroatoms. The highest BCUT2D eigenvalue weighted by Gasteiger charge is 2.62. The number of hydrogen-bond donors (Lipinski definition) is 2. The first-order valence-corrected chi connectivity index (χ1v) is 10.2. The molecule has 0 aliphatic heterocycles. The van der Waals surface area contributed by atoms with Gasteiger partial charge in [-0.3, -0.25) is 0 Å². The Balaban J connectivity index is 1.69. The summed E-state index contributed by atoms with van der Waals surface area (Å²) in [6.45, 7) is 6.59. The Morgan fingerprint density at radius 2 is 2.00 bits per heavy atom. The maximum absolute atomic E-state index is 11.3. The molecule has 3 saturated carbocycles. The summed E-state index contributed by atoms with van der Waals surface area (Å²) in [4.78, 5) is 11.2. The molecule has 4 aliphatic rings. The predicted molar refractivity (Wildman–Crippen MR) is 97.8 cm³/mol. The maximum atomic E-state index is 11.3. The van der Waals surface area contributed by atoms with Crippen molar-refractivity contribution in [1.29, 1.82) is 0 Å². The zero-order chi connectivity index (χ0) is 18.0. The van der Waals surface area contributed by atoms with Crippen molar-refractivity contribution in [2.45, 2.75) is 84.0 Å². The van der Waals surface area contributed by atoms with Crippen LogP contribution < -0.4 is 0 Å². The van der Waals surface area contributed by atoms with Gasteiger partial charge < -0.3 is 10.2 Å². The number of nitroso groups, excluding NO2 is 1. The lowest BCUT2D eigenvalue weighted by Gasteiger charge is -2.59. The highest BCUT2D eigenvalue weighted by atomic mass is 16.3. The van der Waals surface area contributed by atoms with E-state index < -0.39 is 0 Å². The summed E-state index contributed by atoms with van der Waals surface area (Å²) in [7, 11) is 0. The number of hydrogen-bond acceptors (Lipinski definition) is 4. The molecule has 0 radical (unpaired) electrons. The van der Waals surface area contributed by atoms with Crippen LogP contribution in [0.3, 0.4) is 0 Å². The molecule has 0 amide bonds. The van der Waals surface area contributed by atoms with E-state index in [-0.39, 0.29) is 29.1 Å². The second-order valence-electron chi connectivity index (χ2n) is 9.88. The second kappa shape index (κ2) is 5.88. The average molecular weight is 347 g/mol. The fourth-order valence-electron chi connectivity index (χ4n) is 7.68. The van der Waals surface area contributed by atoms with Gasteiger partial charge in [-0.25, -0.2) is 0 Å². The third-order valence-corrected chi connectivity index (χ3v) is 8.83. The van der Waals surface area contributed by atoms with Crippen molar-refractivity contribution in [3.05, 3.63) is 16.6 Å². The third-order valence-electron chi connectivity index (χ3n) is 8.83. The minimum atomic E-state index is -0.311. The molecule has 0 aromatic rings. The summed E-state index contributed by atoms with van der Waals surface area (Å²) in [5.41, 5.74) is 1.45. The summed E-state index contributed by atoms with van der Waals surface area (Å²) < 4.78 is 0. The van der Waals surface area contributed by atoms with Crippen LogP contribution in [-0.2, 0) is 0 Å². The molecule has 9 atom stereocenters. The molecule has 3 fully saturated rings. The Labute approximate surface area is 151 Å². The van der Waals surface area contributed by atoms with Gasteiger partial charge >= 0.3 is 0 Å². The van der Waals surface area contributed by atoms with E-state index in [1.54, 1.807) is 0 Å². The highest BCUT2D eigenvalue weighted by molar-refractivity contribution is 5.26. The van der Waals surface area contributed by atoms with Gasteiger partial charge in [0.25, 0.3) is 0 Å². The summed E-state index contributed by atoms with van der Waals surface area (Å²) in [5, 5.41) is 24.7. The van der Waals surface area contributed by atoms with Gasteiger partial charge in [0.15, 0.2) is 0 Å². The van der Waals surface area contributed by atoms with E-state index in [1.165, 1.54) is 5.57 Å². The molecule has 0 saturated heterocycles. The van der Waals surface area contributed by atoms with Crippen LogP contribution in [0.5, 0.6) is 0 Å². The summed E-state index contributed by atoms with van der Waals surface area (Å²) in [6.07, 6.45) is 8.53. The first-order valence-electron chi connectivity index (χ1n) is 10.2. The van der Waals surface area contributed by atoms with E-state index in [2.05, 4.69) is 25.1 Å². The van der Waals surface area contributed by atoms with Crippen LogP contribution in [0, 0.1) is 39.4 Å². The van der Waals surface area contributed by atoms with Crippen molar-refractivity contribution in [2.24, 2.45) is 39.7 Å². The predicted octanol–water partition coefficient (Wildman–Crippen LogP) is 4.05. The fraction of sp³-hybridized carbons (Fsp3) is 0.905. The minimum Gasteiger partial charge on any atom is -0.393 e. The fourth-order valence-corrected chi connectivity index (χ4v) is 7.68. The van der Waals surface area contributed by atoms with Crippen LogP contribution in [-0.4, -0.2) is 28.5 Å². The van der Waals surface area contributed by atoms with Gasteiger partial charge in [-0.15, -0.1) is 0 Å². The number of aliphatic hydroxyl groups is 2. The molecule has 0 aromatic carbocycles. The van der Waals surface area contributed by atoms with Crippen LogP contribution in [0.2, 0.25) is 0 Å². The zero-order valence-electron chi connectivity index (χ0n) is 15.8. The van der Waals surface area contributed by atoms with Gasteiger partial charge in [0.1, 0.15) is 0 Å². The molecule has 0 bridgehead atoms. The minimum absolute atomic E-state index is 0.0315. The van der Waals surface area contributed by atoms with Gasteiger partial charge in [-0.1, -0.05) is 30.7 Å². The maximum Gasteiger partial charge on any atom is 0.0925 e.